The number of nitrogens with zero attached hydrogens (tertiary/aromatic N) is 3. The molecule has 2 aliphatic rings. The lowest BCUT2D eigenvalue weighted by Crippen LogP contribution is -2.45. The first-order chi connectivity index (χ1) is 15.0. The molecule has 1 aromatic heterocycles. The summed E-state index contributed by atoms with van der Waals surface area (Å²) in [5.41, 5.74) is -1.90. The fraction of sp³-hybridized carbons (Fsp3) is 0.450. The highest BCUT2D eigenvalue weighted by Crippen LogP contribution is 2.47. The van der Waals surface area contributed by atoms with E-state index in [1.54, 1.807) is 4.90 Å². The van der Waals surface area contributed by atoms with Gasteiger partial charge < -0.3 is 29.7 Å². The van der Waals surface area contributed by atoms with E-state index in [9.17, 15) is 13.6 Å². The van der Waals surface area contributed by atoms with Gasteiger partial charge in [0.15, 0.2) is 5.82 Å². The van der Waals surface area contributed by atoms with Gasteiger partial charge in [-0.05, 0) is 12.8 Å². The van der Waals surface area contributed by atoms with E-state index in [2.05, 4.69) is 9.72 Å². The number of aromatic nitrogens is 1. The number of hydrogen-bond acceptors (Lipinski definition) is 9. The predicted octanol–water partition coefficient (Wildman–Crippen LogP) is 1.63. The maximum absolute atomic E-state index is 14.9. The van der Waals surface area contributed by atoms with Crippen molar-refractivity contribution < 1.29 is 38.4 Å². The quantitative estimate of drug-likeness (QED) is 0.565. The lowest BCUT2D eigenvalue weighted by Gasteiger charge is -2.33. The van der Waals surface area contributed by atoms with E-state index in [4.69, 9.17) is 25.3 Å². The Morgan fingerprint density at radius 3 is 2.78 bits per heavy atom. The Kier molecular flexibility index (Phi) is 5.64. The van der Waals surface area contributed by atoms with Crippen LogP contribution in [0.3, 0.4) is 0 Å². The molecule has 1 aliphatic carbocycles. The van der Waals surface area contributed by atoms with E-state index in [-0.39, 0.29) is 23.6 Å². The summed E-state index contributed by atoms with van der Waals surface area (Å²) >= 11 is 1.08. The summed E-state index contributed by atoms with van der Waals surface area (Å²) in [7, 11) is 0. The normalized spacial score (nSPS) is 20.0. The van der Waals surface area contributed by atoms with Gasteiger partial charge in [-0.15, -0.1) is 11.3 Å². The minimum absolute atomic E-state index is 0.0479. The zero-order valence-corrected chi connectivity index (χ0v) is 17.7. The average Bonchev–Trinajstić information content (AvgIpc) is 3.29. The van der Waals surface area contributed by atoms with Crippen molar-refractivity contribution in [3.05, 3.63) is 33.7 Å². The minimum Gasteiger partial charge on any atom is -0.416 e. The first kappa shape index (κ1) is 22.5. The van der Waals surface area contributed by atoms with Crippen LogP contribution in [0.15, 0.2) is 11.4 Å². The highest BCUT2D eigenvalue weighted by molar-refractivity contribution is 7.10. The zero-order valence-electron chi connectivity index (χ0n) is 16.8. The topological polar surface area (TPSA) is 136 Å². The molecule has 1 saturated carbocycles. The number of hydrogen-bond donors (Lipinski definition) is 3. The first-order valence-corrected chi connectivity index (χ1v) is 10.6. The molecule has 1 saturated heterocycles. The molecule has 3 N–H and O–H groups in total. The fourth-order valence-corrected chi connectivity index (χ4v) is 4.33. The van der Waals surface area contributed by atoms with Gasteiger partial charge in [0.05, 0.1) is 24.4 Å². The SMILES string of the molecule is CC1(C(=O)N2CCOC(c3nc(-c4c(OC(O)(O)O)cc(F)c(C#N)c4F)cs3)C2)CC1. The smallest absolute Gasteiger partial charge is 0.416 e. The van der Waals surface area contributed by atoms with Gasteiger partial charge in [0, 0.05) is 23.4 Å². The molecule has 12 heteroatoms. The Hall–Kier alpha value is -2.69. The van der Waals surface area contributed by atoms with Crippen LogP contribution in [-0.4, -0.2) is 57.0 Å². The van der Waals surface area contributed by atoms with Gasteiger partial charge in [-0.2, -0.15) is 5.26 Å². The van der Waals surface area contributed by atoms with Crippen LogP contribution in [0, 0.1) is 28.4 Å². The second kappa shape index (κ2) is 8.02. The lowest BCUT2D eigenvalue weighted by atomic mass is 10.1. The number of amides is 1. The molecule has 1 atom stereocenters. The molecule has 2 fully saturated rings. The van der Waals surface area contributed by atoms with E-state index in [1.807, 2.05) is 6.92 Å². The summed E-state index contributed by atoms with van der Waals surface area (Å²) in [6.45, 7) is 2.91. The van der Waals surface area contributed by atoms with Gasteiger partial charge in [0.25, 0.3) is 0 Å². The van der Waals surface area contributed by atoms with Crippen molar-refractivity contribution in [3.8, 4) is 23.1 Å². The Bertz CT molecular complexity index is 1110. The van der Waals surface area contributed by atoms with Crippen molar-refractivity contribution in [3.63, 3.8) is 0 Å². The van der Waals surface area contributed by atoms with Gasteiger partial charge in [-0.1, -0.05) is 6.92 Å². The van der Waals surface area contributed by atoms with Crippen LogP contribution < -0.4 is 4.74 Å². The molecule has 0 bridgehead atoms. The van der Waals surface area contributed by atoms with Gasteiger partial charge in [0.1, 0.15) is 34.3 Å². The van der Waals surface area contributed by atoms with Crippen LogP contribution in [-0.2, 0) is 9.53 Å². The second-order valence-corrected chi connectivity index (χ2v) is 8.84. The number of morpholine rings is 1. The molecular formula is C20H19F2N3O6S. The molecule has 9 nitrogen and oxygen atoms in total. The van der Waals surface area contributed by atoms with Crippen LogP contribution in [0.4, 0.5) is 8.78 Å². The molecule has 1 aromatic carbocycles. The van der Waals surface area contributed by atoms with Gasteiger partial charge >= 0.3 is 6.16 Å². The van der Waals surface area contributed by atoms with Crippen molar-refractivity contribution >= 4 is 17.2 Å². The van der Waals surface area contributed by atoms with E-state index >= 15 is 0 Å². The number of benzene rings is 1. The van der Waals surface area contributed by atoms with Crippen molar-refractivity contribution in [2.45, 2.75) is 32.0 Å². The maximum Gasteiger partial charge on any atom is 0.453 e. The third-order valence-electron chi connectivity index (χ3n) is 5.46. The summed E-state index contributed by atoms with van der Waals surface area (Å²) in [4.78, 5) is 18.7. The minimum atomic E-state index is -3.72. The summed E-state index contributed by atoms with van der Waals surface area (Å²) in [6, 6.07) is 1.93. The van der Waals surface area contributed by atoms with Crippen molar-refractivity contribution in [2.24, 2.45) is 5.41 Å². The molecule has 170 valence electrons. The highest BCUT2D eigenvalue weighted by Gasteiger charge is 2.48. The van der Waals surface area contributed by atoms with Crippen LogP contribution >= 0.6 is 11.3 Å². The van der Waals surface area contributed by atoms with Crippen molar-refractivity contribution in [1.29, 1.82) is 5.26 Å². The standard InChI is InChI=1S/C20H19F2N3O6S/c1-19(2-3-19)18(26)25-4-5-30-14(8-25)17-24-12(9-32-17)15-13(31-20(27,28)29)6-11(21)10(7-23)16(15)22/h6,9,14,27-29H,2-5,8H2,1H3. The van der Waals surface area contributed by atoms with Crippen molar-refractivity contribution in [1.82, 2.24) is 9.88 Å². The van der Waals surface area contributed by atoms with Crippen LogP contribution in [0.5, 0.6) is 5.75 Å². The van der Waals surface area contributed by atoms with E-state index in [1.165, 1.54) is 11.4 Å². The number of thiazole rings is 1. The van der Waals surface area contributed by atoms with Gasteiger partial charge in [0.2, 0.25) is 5.91 Å². The number of carbonyl (C=O) groups is 1. The summed E-state index contributed by atoms with van der Waals surface area (Å²) in [5.74, 6) is -3.38. The number of aliphatic hydroxyl groups is 3. The Morgan fingerprint density at radius 2 is 2.16 bits per heavy atom. The third-order valence-corrected chi connectivity index (χ3v) is 6.40. The Morgan fingerprint density at radius 1 is 1.44 bits per heavy atom. The lowest BCUT2D eigenvalue weighted by molar-refractivity contribution is -0.419. The average molecular weight is 467 g/mol. The molecule has 1 unspecified atom stereocenters. The summed E-state index contributed by atoms with van der Waals surface area (Å²) in [5, 5.41) is 38.2. The second-order valence-electron chi connectivity index (χ2n) is 7.95. The van der Waals surface area contributed by atoms with Gasteiger partial charge in [-0.3, -0.25) is 4.79 Å². The molecule has 2 heterocycles. The molecule has 2 aromatic rings. The largest absolute Gasteiger partial charge is 0.453 e. The number of rotatable bonds is 5. The Labute approximate surface area is 185 Å². The van der Waals surface area contributed by atoms with E-state index in [0.29, 0.717) is 24.2 Å². The molecule has 4 rings (SSSR count). The molecule has 1 aliphatic heterocycles. The maximum atomic E-state index is 14.9. The first-order valence-electron chi connectivity index (χ1n) is 9.67. The van der Waals surface area contributed by atoms with Crippen LogP contribution in [0.2, 0.25) is 0 Å². The molecule has 32 heavy (non-hydrogen) atoms. The monoisotopic (exact) mass is 467 g/mol. The van der Waals surface area contributed by atoms with E-state index < -0.39 is 40.8 Å². The summed E-state index contributed by atoms with van der Waals surface area (Å²) in [6.07, 6.45) is -2.62. The third kappa shape index (κ3) is 4.30. The fourth-order valence-electron chi connectivity index (χ4n) is 3.48. The summed E-state index contributed by atoms with van der Waals surface area (Å²) < 4.78 is 39.1. The van der Waals surface area contributed by atoms with E-state index in [0.717, 1.165) is 24.2 Å². The number of halogens is 2. The molecular weight excluding hydrogens is 448 g/mol. The predicted molar refractivity (Wildman–Crippen MR) is 105 cm³/mol. The van der Waals surface area contributed by atoms with Crippen molar-refractivity contribution in [2.75, 3.05) is 19.7 Å². The number of nitriles is 1. The van der Waals surface area contributed by atoms with Gasteiger partial charge in [-0.25, -0.2) is 13.8 Å². The Balaban J connectivity index is 1.66. The highest BCUT2D eigenvalue weighted by atomic mass is 32.1. The molecule has 0 radical (unpaired) electrons. The molecule has 1 amide bonds. The number of ether oxygens (including phenoxy) is 2. The molecule has 0 spiro atoms. The number of carbonyl (C=O) groups excluding carboxylic acids is 1. The van der Waals surface area contributed by atoms with Crippen LogP contribution in [0.1, 0.15) is 36.4 Å². The zero-order chi connectivity index (χ0) is 23.3. The van der Waals surface area contributed by atoms with Crippen LogP contribution in [0.25, 0.3) is 11.3 Å².